The number of ether oxygens (including phenoxy) is 1. The molecule has 0 amide bonds. The Hall–Kier alpha value is -3.10. The lowest BCUT2D eigenvalue weighted by Gasteiger charge is -2.42. The molecule has 0 radical (unpaired) electrons. The summed E-state index contributed by atoms with van der Waals surface area (Å²) in [5, 5.41) is 16.7. The van der Waals surface area contributed by atoms with Crippen LogP contribution in [0.5, 0.6) is 11.8 Å². The number of rotatable bonds is 5. The molecule has 3 aromatic rings. The van der Waals surface area contributed by atoms with Gasteiger partial charge in [0, 0.05) is 60.5 Å². The Bertz CT molecular complexity index is 1410. The van der Waals surface area contributed by atoms with Gasteiger partial charge in [-0.05, 0) is 70.0 Å². The van der Waals surface area contributed by atoms with E-state index >= 15 is 0 Å². The van der Waals surface area contributed by atoms with Crippen LogP contribution in [0.1, 0.15) is 49.8 Å². The quantitative estimate of drug-likeness (QED) is 0.520. The van der Waals surface area contributed by atoms with Crippen LogP contribution in [0, 0.1) is 0 Å². The number of benzene rings is 2. The van der Waals surface area contributed by atoms with E-state index in [-0.39, 0.29) is 5.54 Å². The number of aromatic nitrogens is 2. The van der Waals surface area contributed by atoms with Gasteiger partial charge in [0.1, 0.15) is 18.2 Å². The van der Waals surface area contributed by atoms with Crippen molar-refractivity contribution in [1.82, 2.24) is 20.2 Å². The fraction of sp³-hybridized carbons (Fsp3) is 0.548. The van der Waals surface area contributed by atoms with Gasteiger partial charge in [-0.25, -0.2) is 0 Å². The highest BCUT2D eigenvalue weighted by atomic mass is 16.5. The number of piperazine rings is 1. The first-order chi connectivity index (χ1) is 19.1. The zero-order chi connectivity index (χ0) is 26.1. The first-order valence-corrected chi connectivity index (χ1v) is 14.8. The van der Waals surface area contributed by atoms with Crippen LogP contribution < -0.4 is 19.9 Å². The smallest absolute Gasteiger partial charge is 0.318 e. The molecule has 5 aliphatic rings. The predicted molar refractivity (Wildman–Crippen MR) is 153 cm³/mol. The van der Waals surface area contributed by atoms with Gasteiger partial charge in [0.25, 0.3) is 0 Å². The third-order valence-corrected chi connectivity index (χ3v) is 9.94. The maximum Gasteiger partial charge on any atom is 0.318 e. The zero-order valence-corrected chi connectivity index (χ0v) is 22.8. The van der Waals surface area contributed by atoms with Crippen LogP contribution >= 0.6 is 0 Å². The molecule has 2 bridgehead atoms. The van der Waals surface area contributed by atoms with Crippen molar-refractivity contribution in [2.75, 3.05) is 49.6 Å². The molecular formula is C31H38N6O2. The first kappa shape index (κ1) is 23.8. The monoisotopic (exact) mass is 526 g/mol. The van der Waals surface area contributed by atoms with E-state index in [0.29, 0.717) is 36.5 Å². The summed E-state index contributed by atoms with van der Waals surface area (Å²) in [6, 6.07) is 14.2. The number of likely N-dealkylation sites (tertiary alicyclic amines) is 1. The third kappa shape index (κ3) is 3.94. The van der Waals surface area contributed by atoms with Crippen LogP contribution in [0.25, 0.3) is 10.8 Å². The fourth-order valence-electron chi connectivity index (χ4n) is 7.76. The lowest BCUT2D eigenvalue weighted by Crippen LogP contribution is -2.52. The number of anilines is 2. The van der Waals surface area contributed by atoms with Gasteiger partial charge < -0.3 is 29.9 Å². The SMILES string of the molecule is CN1CCC[C@H]1COc1nc(N2CC3CCC(C2)N3)c2c(n1)C1(CC1)N(c1cc(O)cc3ccccc13)CC2. The van der Waals surface area contributed by atoms with Crippen molar-refractivity contribution in [2.24, 2.45) is 0 Å². The van der Waals surface area contributed by atoms with Gasteiger partial charge in [0.05, 0.1) is 11.2 Å². The van der Waals surface area contributed by atoms with Crippen LogP contribution in [0.2, 0.25) is 0 Å². The molecule has 8 heteroatoms. The van der Waals surface area contributed by atoms with E-state index in [9.17, 15) is 5.11 Å². The van der Waals surface area contributed by atoms with Crippen molar-refractivity contribution in [1.29, 1.82) is 0 Å². The van der Waals surface area contributed by atoms with Gasteiger partial charge in [-0.3, -0.25) is 0 Å². The molecule has 1 saturated carbocycles. The molecule has 204 valence electrons. The van der Waals surface area contributed by atoms with E-state index in [1.807, 2.05) is 18.2 Å². The highest BCUT2D eigenvalue weighted by Gasteiger charge is 2.55. The number of phenolic OH excluding ortho intramolecular Hbond substituents is 1. The third-order valence-electron chi connectivity index (χ3n) is 9.94. The van der Waals surface area contributed by atoms with E-state index in [1.165, 1.54) is 30.2 Å². The van der Waals surface area contributed by atoms with Gasteiger partial charge in [0.2, 0.25) is 0 Å². The predicted octanol–water partition coefficient (Wildman–Crippen LogP) is 3.80. The Morgan fingerprint density at radius 2 is 1.87 bits per heavy atom. The second-order valence-corrected chi connectivity index (χ2v) is 12.4. The number of nitrogens with zero attached hydrogens (tertiary/aromatic N) is 5. The van der Waals surface area contributed by atoms with Crippen LogP contribution in [-0.2, 0) is 12.0 Å². The molecule has 3 atom stereocenters. The second kappa shape index (κ2) is 8.96. The topological polar surface area (TPSA) is 77.0 Å². The van der Waals surface area contributed by atoms with Crippen LogP contribution in [0.15, 0.2) is 36.4 Å². The Balaban J connectivity index is 1.21. The number of likely N-dealkylation sites (N-methyl/N-ethyl adjacent to an activating group) is 1. The average Bonchev–Trinajstić information content (AvgIpc) is 3.50. The van der Waals surface area contributed by atoms with E-state index in [0.717, 1.165) is 74.4 Å². The standard InChI is InChI=1S/C31H38N6O2/c1-35-13-4-6-23(35)19-39-30-33-28-26(29(34-30)36-17-21-8-9-22(18-36)32-21)10-14-37(31(28)11-12-31)27-16-24(38)15-20-5-2-3-7-25(20)27/h2-3,5,7,15-16,21-23,32,38H,4,6,8-14,17-19H2,1H3/t21?,22?,23-/m0/s1. The van der Waals surface area contributed by atoms with Gasteiger partial charge in [0.15, 0.2) is 0 Å². The van der Waals surface area contributed by atoms with Crippen LogP contribution in [0.4, 0.5) is 11.5 Å². The molecule has 1 spiro atoms. The minimum absolute atomic E-state index is 0.170. The normalized spacial score (nSPS) is 27.4. The maximum absolute atomic E-state index is 10.6. The van der Waals surface area contributed by atoms with E-state index in [4.69, 9.17) is 14.7 Å². The van der Waals surface area contributed by atoms with Crippen molar-refractivity contribution in [2.45, 2.75) is 68.6 Å². The number of fused-ring (bicyclic) bond motifs is 5. The highest BCUT2D eigenvalue weighted by molar-refractivity contribution is 5.96. The van der Waals surface area contributed by atoms with Crippen molar-refractivity contribution >= 4 is 22.3 Å². The Labute approximate surface area is 230 Å². The molecule has 2 unspecified atom stereocenters. The number of phenols is 1. The summed E-state index contributed by atoms with van der Waals surface area (Å²) in [5.41, 5.74) is 3.38. The number of aromatic hydroxyl groups is 1. The minimum atomic E-state index is -0.170. The van der Waals surface area contributed by atoms with Crippen molar-refractivity contribution in [3.05, 3.63) is 47.7 Å². The summed E-state index contributed by atoms with van der Waals surface area (Å²) in [6.45, 7) is 4.65. The Morgan fingerprint density at radius 1 is 1.05 bits per heavy atom. The lowest BCUT2D eigenvalue weighted by atomic mass is 9.93. The maximum atomic E-state index is 10.6. The summed E-state index contributed by atoms with van der Waals surface area (Å²) in [6.07, 6.45) is 7.87. The molecule has 4 fully saturated rings. The molecule has 8 rings (SSSR count). The average molecular weight is 527 g/mol. The summed E-state index contributed by atoms with van der Waals surface area (Å²) in [5.74, 6) is 1.41. The first-order valence-electron chi connectivity index (χ1n) is 14.8. The van der Waals surface area contributed by atoms with Gasteiger partial charge in [-0.15, -0.1) is 0 Å². The molecule has 4 aliphatic heterocycles. The van der Waals surface area contributed by atoms with Crippen LogP contribution in [-0.4, -0.2) is 77.9 Å². The fourth-order valence-corrected chi connectivity index (χ4v) is 7.76. The number of nitrogens with one attached hydrogen (secondary N) is 1. The van der Waals surface area contributed by atoms with E-state index in [1.54, 1.807) is 0 Å². The minimum Gasteiger partial charge on any atom is -0.508 e. The Morgan fingerprint density at radius 3 is 2.64 bits per heavy atom. The largest absolute Gasteiger partial charge is 0.508 e. The van der Waals surface area contributed by atoms with E-state index < -0.39 is 0 Å². The molecule has 5 heterocycles. The number of hydrogen-bond acceptors (Lipinski definition) is 8. The Kier molecular flexibility index (Phi) is 5.46. The number of hydrogen-bond donors (Lipinski definition) is 2. The van der Waals surface area contributed by atoms with Crippen LogP contribution in [0.3, 0.4) is 0 Å². The van der Waals surface area contributed by atoms with Crippen molar-refractivity contribution in [3.8, 4) is 11.8 Å². The molecular weight excluding hydrogens is 488 g/mol. The summed E-state index contributed by atoms with van der Waals surface area (Å²) < 4.78 is 6.41. The van der Waals surface area contributed by atoms with Crippen molar-refractivity contribution < 1.29 is 9.84 Å². The van der Waals surface area contributed by atoms with Gasteiger partial charge >= 0.3 is 6.01 Å². The molecule has 2 N–H and O–H groups in total. The molecule has 1 aromatic heterocycles. The molecule has 8 nitrogen and oxygen atoms in total. The van der Waals surface area contributed by atoms with E-state index in [2.05, 4.69) is 45.3 Å². The van der Waals surface area contributed by atoms with Gasteiger partial charge in [-0.2, -0.15) is 9.97 Å². The lowest BCUT2D eigenvalue weighted by molar-refractivity contribution is 0.187. The molecule has 1 aliphatic carbocycles. The molecule has 3 saturated heterocycles. The molecule has 39 heavy (non-hydrogen) atoms. The second-order valence-electron chi connectivity index (χ2n) is 12.4. The summed E-state index contributed by atoms with van der Waals surface area (Å²) in [4.78, 5) is 17.8. The molecule has 2 aromatic carbocycles. The van der Waals surface area contributed by atoms with Crippen molar-refractivity contribution in [3.63, 3.8) is 0 Å². The summed E-state index contributed by atoms with van der Waals surface area (Å²) >= 11 is 0. The summed E-state index contributed by atoms with van der Waals surface area (Å²) in [7, 11) is 2.19. The highest BCUT2D eigenvalue weighted by Crippen LogP contribution is 2.57. The zero-order valence-electron chi connectivity index (χ0n) is 22.8. The van der Waals surface area contributed by atoms with Gasteiger partial charge in [-0.1, -0.05) is 24.3 Å².